The SMILES string of the molecule is CP(O)OP(=O)(O)OP(=O)(O)OC[C@H]1O[C@@H](n2cc(C#CCNC(=O)COCCOC(COc3cccc(C(=O)NCCNC4CCC4)c3)N=[N+]=[N-])c3c(N)ncnc32)CC1OCN=[N+]=[N-]. The first-order valence-electron chi connectivity index (χ1n) is 19.9. The second-order valence-corrected chi connectivity index (χ2v) is 18.4. The molecule has 2 aliphatic rings. The molecule has 0 bridgehead atoms. The van der Waals surface area contributed by atoms with E-state index in [-0.39, 0.29) is 56.8 Å². The highest BCUT2D eigenvalue weighted by molar-refractivity contribution is 7.66. The van der Waals surface area contributed by atoms with Crippen molar-refractivity contribution in [2.24, 2.45) is 10.2 Å². The number of azide groups is 2. The van der Waals surface area contributed by atoms with E-state index < -0.39 is 67.9 Å². The lowest BCUT2D eigenvalue weighted by atomic mass is 9.93. The van der Waals surface area contributed by atoms with Gasteiger partial charge in [0.25, 0.3) is 5.91 Å². The Labute approximate surface area is 377 Å². The number of anilines is 1. The third kappa shape index (κ3) is 16.7. The molecule has 358 valence electrons. The number of benzene rings is 1. The molecule has 5 rings (SSSR count). The molecule has 3 aromatic rings. The summed E-state index contributed by atoms with van der Waals surface area (Å²) in [6.07, 6.45) is 2.31. The number of ether oxygens (including phenoxy) is 5. The molecule has 1 saturated carbocycles. The molecule has 0 spiro atoms. The summed E-state index contributed by atoms with van der Waals surface area (Å²) in [6, 6.07) is 7.07. The lowest BCUT2D eigenvalue weighted by molar-refractivity contribution is -0.126. The number of phosphoric ester groups is 1. The molecule has 1 aliphatic heterocycles. The third-order valence-corrected chi connectivity index (χ3v) is 13.3. The van der Waals surface area contributed by atoms with E-state index in [4.69, 9.17) is 45.0 Å². The molecule has 2 fully saturated rings. The summed E-state index contributed by atoms with van der Waals surface area (Å²) in [7, 11) is -12.9. The van der Waals surface area contributed by atoms with Crippen LogP contribution in [0.1, 0.15) is 47.8 Å². The molecule has 28 nitrogen and oxygen atoms in total. The van der Waals surface area contributed by atoms with Crippen molar-refractivity contribution in [2.75, 3.05) is 71.8 Å². The van der Waals surface area contributed by atoms with Crippen molar-refractivity contribution in [1.29, 1.82) is 0 Å². The average Bonchev–Trinajstić information content (AvgIpc) is 3.83. The van der Waals surface area contributed by atoms with Crippen LogP contribution in [0.5, 0.6) is 5.75 Å². The number of carbonyl (C=O) groups is 2. The Hall–Kier alpha value is -4.99. The summed E-state index contributed by atoms with van der Waals surface area (Å²) in [5.74, 6) is 5.41. The van der Waals surface area contributed by atoms with E-state index in [0.29, 0.717) is 41.4 Å². The zero-order valence-electron chi connectivity index (χ0n) is 35.2. The van der Waals surface area contributed by atoms with Crippen molar-refractivity contribution >= 4 is 52.7 Å². The maximum Gasteiger partial charge on any atom is 0.486 e. The first-order chi connectivity index (χ1) is 31.7. The highest BCUT2D eigenvalue weighted by Crippen LogP contribution is 2.64. The van der Waals surface area contributed by atoms with Gasteiger partial charge in [0.2, 0.25) is 5.91 Å². The molecular weight excluding hydrogens is 935 g/mol. The quantitative estimate of drug-likeness (QED) is 0.0144. The monoisotopic (exact) mass is 983 g/mol. The van der Waals surface area contributed by atoms with E-state index in [1.54, 1.807) is 35.0 Å². The smallest absolute Gasteiger partial charge is 0.486 e. The molecule has 2 aromatic heterocycles. The lowest BCUT2D eigenvalue weighted by Gasteiger charge is -2.26. The Balaban J connectivity index is 1.08. The maximum absolute atomic E-state index is 12.6. The van der Waals surface area contributed by atoms with E-state index in [0.717, 1.165) is 19.5 Å². The highest BCUT2D eigenvalue weighted by Gasteiger charge is 2.42. The summed E-state index contributed by atoms with van der Waals surface area (Å²) >= 11 is 0. The van der Waals surface area contributed by atoms with Gasteiger partial charge in [-0.1, -0.05) is 34.6 Å². The fourth-order valence-corrected chi connectivity index (χ4v) is 9.38. The summed E-state index contributed by atoms with van der Waals surface area (Å²) in [6.45, 7) is 0.322. The molecular formula is C35H48N13O15P3. The predicted molar refractivity (Wildman–Crippen MR) is 232 cm³/mol. The van der Waals surface area contributed by atoms with Crippen molar-refractivity contribution < 1.29 is 70.2 Å². The van der Waals surface area contributed by atoms with Gasteiger partial charge in [0, 0.05) is 53.8 Å². The van der Waals surface area contributed by atoms with Crippen LogP contribution in [0.15, 0.2) is 47.0 Å². The zero-order valence-corrected chi connectivity index (χ0v) is 37.9. The molecule has 8 N–H and O–H groups in total. The van der Waals surface area contributed by atoms with Crippen molar-refractivity contribution in [3.8, 4) is 17.6 Å². The molecule has 7 atom stereocenters. The molecule has 2 amide bonds. The van der Waals surface area contributed by atoms with Gasteiger partial charge in [-0.05, 0) is 42.1 Å². The highest BCUT2D eigenvalue weighted by atomic mass is 31.3. The van der Waals surface area contributed by atoms with Crippen LogP contribution in [-0.4, -0.2) is 132 Å². The molecule has 1 saturated heterocycles. The fourth-order valence-electron chi connectivity index (χ4n) is 6.23. The Morgan fingerprint density at radius 3 is 2.71 bits per heavy atom. The number of carbonyl (C=O) groups excluding carboxylic acids is 2. The first kappa shape index (κ1) is 52.0. The fraction of sp³-hybridized carbons (Fsp3) is 0.543. The van der Waals surface area contributed by atoms with Gasteiger partial charge in [0.1, 0.15) is 55.8 Å². The van der Waals surface area contributed by atoms with E-state index >= 15 is 0 Å². The number of fused-ring (bicyclic) bond motifs is 1. The Kier molecular flexibility index (Phi) is 20.3. The number of rotatable bonds is 27. The normalized spacial score (nSPS) is 19.7. The summed E-state index contributed by atoms with van der Waals surface area (Å²) in [5.41, 5.74) is 24.9. The third-order valence-electron chi connectivity index (χ3n) is 9.35. The number of amides is 2. The zero-order chi connectivity index (χ0) is 47.5. The second kappa shape index (κ2) is 25.8. The number of nitrogens with one attached hydrogen (secondary N) is 3. The van der Waals surface area contributed by atoms with Gasteiger partial charge in [0.05, 0.1) is 43.4 Å². The standard InChI is InChI=1S/C35H48N13O15P3/c1-64(51)62-66(54,55)63-65(52,53)60-18-28-27(59-22-44-46-37)16-31(61-28)48-17-24(32-33(36)42-21-43-34(32)48)6-4-10-40-29(49)19-56-13-14-57-30(45-47-38)20-58-26-9-2-5-23(15-26)35(50)41-12-11-39-25-7-3-8-25/h2,5,9,15,17,21,25,27-28,30-31,39,51H,3,7-8,10-14,16,18-20,22H2,1H3,(H,40,49)(H,41,50)(H,52,53)(H,54,55)(H2,36,42,43)/t27?,28-,30?,31-,64?/m1/s1. The van der Waals surface area contributed by atoms with Gasteiger partial charge in [-0.3, -0.25) is 14.1 Å². The largest absolute Gasteiger partial charge is 0.491 e. The first-order valence-corrected chi connectivity index (χ1v) is 24.6. The Morgan fingerprint density at radius 2 is 1.97 bits per heavy atom. The van der Waals surface area contributed by atoms with Gasteiger partial charge < -0.3 is 64.6 Å². The van der Waals surface area contributed by atoms with Crippen molar-refractivity contribution in [3.63, 3.8) is 0 Å². The van der Waals surface area contributed by atoms with E-state index in [2.05, 4.69) is 66.4 Å². The molecule has 1 aliphatic carbocycles. The molecule has 1 aromatic carbocycles. The number of nitrogens with zero attached hydrogens (tertiary/aromatic N) is 9. The minimum absolute atomic E-state index is 0.0356. The van der Waals surface area contributed by atoms with Gasteiger partial charge in [0.15, 0.2) is 14.6 Å². The summed E-state index contributed by atoms with van der Waals surface area (Å²) in [5, 5.41) is 16.1. The van der Waals surface area contributed by atoms with Crippen LogP contribution in [0, 0.1) is 11.8 Å². The van der Waals surface area contributed by atoms with E-state index in [9.17, 15) is 33.4 Å². The summed E-state index contributed by atoms with van der Waals surface area (Å²) < 4.78 is 67.7. The maximum atomic E-state index is 12.6. The van der Waals surface area contributed by atoms with E-state index in [1.165, 1.54) is 12.7 Å². The summed E-state index contributed by atoms with van der Waals surface area (Å²) in [4.78, 5) is 67.8. The van der Waals surface area contributed by atoms with Crippen LogP contribution in [-0.2, 0) is 46.0 Å². The van der Waals surface area contributed by atoms with E-state index in [1.807, 2.05) is 0 Å². The Morgan fingerprint density at radius 1 is 1.15 bits per heavy atom. The second-order valence-electron chi connectivity index (χ2n) is 14.0. The number of nitrogen functional groups attached to an aromatic ring is 1. The molecule has 3 heterocycles. The van der Waals surface area contributed by atoms with Crippen LogP contribution in [0.25, 0.3) is 31.9 Å². The van der Waals surface area contributed by atoms with Gasteiger partial charge in [-0.15, -0.1) is 0 Å². The number of hydrogen-bond donors (Lipinski definition) is 7. The molecule has 31 heteroatoms. The number of aromatic nitrogens is 3. The van der Waals surface area contributed by atoms with Gasteiger partial charge in [-0.2, -0.15) is 4.31 Å². The van der Waals surface area contributed by atoms with Gasteiger partial charge in [-0.25, -0.2) is 23.4 Å². The minimum atomic E-state index is -5.26. The van der Waals surface area contributed by atoms with Crippen LogP contribution in [0.3, 0.4) is 0 Å². The number of hydrogen-bond acceptors (Lipinski definition) is 19. The van der Waals surface area contributed by atoms with Crippen molar-refractivity contribution in [2.45, 2.75) is 56.4 Å². The average molecular weight is 984 g/mol. The molecule has 0 radical (unpaired) electrons. The predicted octanol–water partition coefficient (Wildman–Crippen LogP) is 3.23. The van der Waals surface area contributed by atoms with Crippen LogP contribution in [0.2, 0.25) is 0 Å². The van der Waals surface area contributed by atoms with Crippen LogP contribution >= 0.6 is 24.0 Å². The van der Waals surface area contributed by atoms with Crippen LogP contribution < -0.4 is 26.4 Å². The van der Waals surface area contributed by atoms with Crippen molar-refractivity contribution in [1.82, 2.24) is 30.5 Å². The topological polar surface area (TPSA) is 393 Å². The molecule has 66 heavy (non-hydrogen) atoms. The number of phosphoric acid groups is 2. The minimum Gasteiger partial charge on any atom is -0.491 e. The van der Waals surface area contributed by atoms with Crippen molar-refractivity contribution in [3.05, 3.63) is 68.8 Å². The Bertz CT molecular complexity index is 2390. The lowest BCUT2D eigenvalue weighted by Crippen LogP contribution is -2.40. The molecule has 5 unspecified atom stereocenters. The van der Waals surface area contributed by atoms with Gasteiger partial charge >= 0.3 is 15.6 Å². The number of nitrogens with two attached hydrogens (primary N) is 1. The van der Waals surface area contributed by atoms with Crippen LogP contribution in [0.4, 0.5) is 5.82 Å².